The molecule has 0 aliphatic carbocycles. The van der Waals surface area contributed by atoms with Gasteiger partial charge in [-0.15, -0.1) is 0 Å². The van der Waals surface area contributed by atoms with E-state index in [9.17, 15) is 8.42 Å². The molecule has 0 aliphatic rings. The molecule has 102 valence electrons. The summed E-state index contributed by atoms with van der Waals surface area (Å²) in [4.78, 5) is 0.238. The predicted octanol–water partition coefficient (Wildman–Crippen LogP) is 2.10. The molecule has 1 aromatic carbocycles. The second kappa shape index (κ2) is 6.65. The van der Waals surface area contributed by atoms with Crippen LogP contribution in [-0.2, 0) is 10.0 Å². The maximum absolute atomic E-state index is 12.0. The molecule has 1 aromatic rings. The Kier molecular flexibility index (Phi) is 5.78. The van der Waals surface area contributed by atoms with Gasteiger partial charge in [-0.1, -0.05) is 26.0 Å². The molecule has 3 N–H and O–H groups in total. The number of hydrogen-bond donors (Lipinski definition) is 2. The van der Waals surface area contributed by atoms with Crippen LogP contribution in [0.4, 0.5) is 0 Å². The van der Waals surface area contributed by atoms with Gasteiger partial charge < -0.3 is 5.73 Å². The minimum Gasteiger partial charge on any atom is -0.327 e. The highest BCUT2D eigenvalue weighted by atomic mass is 79.9. The molecule has 0 saturated carbocycles. The van der Waals surface area contributed by atoms with Gasteiger partial charge in [0.1, 0.15) is 0 Å². The molecule has 0 amide bonds. The van der Waals surface area contributed by atoms with Crippen LogP contribution in [0, 0.1) is 5.92 Å². The largest absolute Gasteiger partial charge is 0.327 e. The van der Waals surface area contributed by atoms with E-state index in [0.717, 1.165) is 6.42 Å². The van der Waals surface area contributed by atoms with E-state index in [4.69, 9.17) is 5.73 Å². The SMILES string of the molecule is CC(C)CC(N)CNS(=O)(=O)c1ccccc1Br. The Bertz CT molecular complexity index is 489. The summed E-state index contributed by atoms with van der Waals surface area (Å²) in [5, 5.41) is 0. The van der Waals surface area contributed by atoms with Crippen molar-refractivity contribution in [3.8, 4) is 0 Å². The van der Waals surface area contributed by atoms with Crippen LogP contribution in [0.2, 0.25) is 0 Å². The first-order valence-corrected chi connectivity index (χ1v) is 8.10. The van der Waals surface area contributed by atoms with Crippen LogP contribution in [0.5, 0.6) is 0 Å². The Labute approximate surface area is 117 Å². The van der Waals surface area contributed by atoms with Gasteiger partial charge in [-0.05, 0) is 40.4 Å². The molecule has 6 heteroatoms. The number of nitrogens with one attached hydrogen (secondary N) is 1. The van der Waals surface area contributed by atoms with Gasteiger partial charge in [-0.25, -0.2) is 13.1 Å². The maximum Gasteiger partial charge on any atom is 0.241 e. The van der Waals surface area contributed by atoms with E-state index >= 15 is 0 Å². The standard InChI is InChI=1S/C12H19BrN2O2S/c1-9(2)7-10(14)8-15-18(16,17)12-6-4-3-5-11(12)13/h3-6,9-10,15H,7-8,14H2,1-2H3. The third kappa shape index (κ3) is 4.68. The van der Waals surface area contributed by atoms with Crippen LogP contribution < -0.4 is 10.5 Å². The van der Waals surface area contributed by atoms with E-state index in [2.05, 4.69) is 34.5 Å². The van der Waals surface area contributed by atoms with Gasteiger partial charge in [0, 0.05) is 17.1 Å². The molecule has 0 spiro atoms. The Balaban J connectivity index is 2.69. The van der Waals surface area contributed by atoms with E-state index in [1.807, 2.05) is 0 Å². The van der Waals surface area contributed by atoms with Gasteiger partial charge in [-0.2, -0.15) is 0 Å². The summed E-state index contributed by atoms with van der Waals surface area (Å²) >= 11 is 3.23. The highest BCUT2D eigenvalue weighted by Gasteiger charge is 2.18. The van der Waals surface area contributed by atoms with Gasteiger partial charge in [-0.3, -0.25) is 0 Å². The molecule has 0 saturated heterocycles. The van der Waals surface area contributed by atoms with E-state index in [-0.39, 0.29) is 17.5 Å². The molecule has 0 fully saturated rings. The first-order chi connectivity index (χ1) is 8.33. The third-order valence-electron chi connectivity index (χ3n) is 2.44. The zero-order valence-corrected chi connectivity index (χ0v) is 13.0. The Morgan fingerprint density at radius 3 is 2.50 bits per heavy atom. The number of rotatable bonds is 6. The molecule has 1 atom stereocenters. The molecule has 18 heavy (non-hydrogen) atoms. The lowest BCUT2D eigenvalue weighted by Crippen LogP contribution is -2.38. The molecule has 0 radical (unpaired) electrons. The monoisotopic (exact) mass is 334 g/mol. The molecular weight excluding hydrogens is 316 g/mol. The van der Waals surface area contributed by atoms with Crippen molar-refractivity contribution in [2.24, 2.45) is 11.7 Å². The average molecular weight is 335 g/mol. The highest BCUT2D eigenvalue weighted by molar-refractivity contribution is 9.10. The van der Waals surface area contributed by atoms with Crippen molar-refractivity contribution in [3.63, 3.8) is 0 Å². The average Bonchev–Trinajstić information content (AvgIpc) is 2.26. The van der Waals surface area contributed by atoms with Crippen LogP contribution >= 0.6 is 15.9 Å². The minimum absolute atomic E-state index is 0.165. The van der Waals surface area contributed by atoms with Crippen molar-refractivity contribution in [2.75, 3.05) is 6.54 Å². The second-order valence-corrected chi connectivity index (χ2v) is 7.26. The summed E-state index contributed by atoms with van der Waals surface area (Å²) in [7, 11) is -3.50. The molecule has 0 heterocycles. The number of sulfonamides is 1. The summed E-state index contributed by atoms with van der Waals surface area (Å²) in [6.07, 6.45) is 0.790. The van der Waals surface area contributed by atoms with Gasteiger partial charge in [0.15, 0.2) is 0 Å². The molecule has 1 rings (SSSR count). The lowest BCUT2D eigenvalue weighted by molar-refractivity contribution is 0.486. The predicted molar refractivity (Wildman–Crippen MR) is 76.8 cm³/mol. The fourth-order valence-corrected chi connectivity index (χ4v) is 3.74. The van der Waals surface area contributed by atoms with Crippen LogP contribution in [0.15, 0.2) is 33.6 Å². The van der Waals surface area contributed by atoms with Gasteiger partial charge >= 0.3 is 0 Å². The van der Waals surface area contributed by atoms with Crippen molar-refractivity contribution < 1.29 is 8.42 Å². The summed E-state index contributed by atoms with van der Waals surface area (Å²) in [5.41, 5.74) is 5.86. The van der Waals surface area contributed by atoms with E-state index in [1.165, 1.54) is 0 Å². The molecule has 4 nitrogen and oxygen atoms in total. The van der Waals surface area contributed by atoms with Crippen molar-refractivity contribution in [1.82, 2.24) is 4.72 Å². The van der Waals surface area contributed by atoms with E-state index in [1.54, 1.807) is 24.3 Å². The van der Waals surface area contributed by atoms with Crippen molar-refractivity contribution in [3.05, 3.63) is 28.7 Å². The molecule has 1 unspecified atom stereocenters. The summed E-state index contributed by atoms with van der Waals surface area (Å²) in [6.45, 7) is 4.37. The lowest BCUT2D eigenvalue weighted by Gasteiger charge is -2.15. The number of halogens is 1. The quantitative estimate of drug-likeness (QED) is 0.836. The molecular formula is C12H19BrN2O2S. The lowest BCUT2D eigenvalue weighted by atomic mass is 10.1. The highest BCUT2D eigenvalue weighted by Crippen LogP contribution is 2.20. The smallest absolute Gasteiger partial charge is 0.241 e. The minimum atomic E-state index is -3.50. The van der Waals surface area contributed by atoms with Crippen LogP contribution in [0.3, 0.4) is 0 Å². The first-order valence-electron chi connectivity index (χ1n) is 5.82. The first kappa shape index (κ1) is 15.6. The second-order valence-electron chi connectivity index (χ2n) is 4.67. The summed E-state index contributed by atoms with van der Waals surface area (Å²) in [5.74, 6) is 0.452. The fraction of sp³-hybridized carbons (Fsp3) is 0.500. The summed E-state index contributed by atoms with van der Waals surface area (Å²) < 4.78 is 27.2. The molecule has 0 bridgehead atoms. The fourth-order valence-electron chi connectivity index (χ4n) is 1.65. The Hall–Kier alpha value is -0.430. The Morgan fingerprint density at radius 2 is 1.94 bits per heavy atom. The maximum atomic E-state index is 12.0. The van der Waals surface area contributed by atoms with E-state index in [0.29, 0.717) is 10.4 Å². The van der Waals surface area contributed by atoms with E-state index < -0.39 is 10.0 Å². The van der Waals surface area contributed by atoms with Gasteiger partial charge in [0.05, 0.1) is 4.90 Å². The third-order valence-corrected chi connectivity index (χ3v) is 4.87. The molecule has 0 aliphatic heterocycles. The normalized spacial score (nSPS) is 13.8. The van der Waals surface area contributed by atoms with Crippen LogP contribution in [0.25, 0.3) is 0 Å². The van der Waals surface area contributed by atoms with Crippen molar-refractivity contribution in [2.45, 2.75) is 31.2 Å². The van der Waals surface area contributed by atoms with Gasteiger partial charge in [0.25, 0.3) is 0 Å². The molecule has 0 aromatic heterocycles. The number of nitrogens with two attached hydrogens (primary N) is 1. The Morgan fingerprint density at radius 1 is 1.33 bits per heavy atom. The topological polar surface area (TPSA) is 72.2 Å². The van der Waals surface area contributed by atoms with Crippen LogP contribution in [0.1, 0.15) is 20.3 Å². The number of benzene rings is 1. The van der Waals surface area contributed by atoms with Gasteiger partial charge in [0.2, 0.25) is 10.0 Å². The van der Waals surface area contributed by atoms with Crippen LogP contribution in [-0.4, -0.2) is 21.0 Å². The zero-order valence-electron chi connectivity index (χ0n) is 10.6. The zero-order chi connectivity index (χ0) is 13.8. The van der Waals surface area contributed by atoms with Crippen molar-refractivity contribution >= 4 is 26.0 Å². The number of hydrogen-bond acceptors (Lipinski definition) is 3. The van der Waals surface area contributed by atoms with Crippen molar-refractivity contribution in [1.29, 1.82) is 0 Å². The summed E-state index contributed by atoms with van der Waals surface area (Å²) in [6, 6.07) is 6.55.